The summed E-state index contributed by atoms with van der Waals surface area (Å²) in [4.78, 5) is 20.6. The van der Waals surface area contributed by atoms with Crippen molar-refractivity contribution in [1.82, 2.24) is 0 Å². The highest BCUT2D eigenvalue weighted by Crippen LogP contribution is 2.21. The maximum atomic E-state index is 11.5. The van der Waals surface area contributed by atoms with Gasteiger partial charge in [0.15, 0.2) is 0 Å². The average molecular weight is 252 g/mol. The standard InChI is InChI=1S/C8H8O4Si3/c1-5-3-2-4-6(7(5)9)8(10)12-15(11)14-13/h2-4,9,11H,1H3. The molecular weight excluding hydrogens is 244 g/mol. The average Bonchev–Trinajstić information content (AvgIpc) is 2.21. The molecule has 15 heavy (non-hydrogen) atoms. The van der Waals surface area contributed by atoms with E-state index in [9.17, 15) is 14.7 Å². The summed E-state index contributed by atoms with van der Waals surface area (Å²) >= 11 is 0. The summed E-state index contributed by atoms with van der Waals surface area (Å²) in [5.41, 5.74) is 0.674. The minimum absolute atomic E-state index is 0.00154. The Balaban J connectivity index is 2.87. The Morgan fingerprint density at radius 2 is 2.27 bits per heavy atom. The first-order chi connectivity index (χ1) is 7.06. The van der Waals surface area contributed by atoms with Gasteiger partial charge in [-0.15, -0.1) is 0 Å². The van der Waals surface area contributed by atoms with Crippen LogP contribution in [0, 0.1) is 6.92 Å². The number of hydrogen-bond donors (Lipinski definition) is 2. The maximum Gasteiger partial charge on any atom is 0.417 e. The second-order valence-electron chi connectivity index (χ2n) is 2.79. The van der Waals surface area contributed by atoms with E-state index >= 15 is 0 Å². The lowest BCUT2D eigenvalue weighted by molar-refractivity contribution is 0.0709. The molecule has 0 heterocycles. The molecule has 7 heteroatoms. The predicted molar refractivity (Wildman–Crippen MR) is 57.7 cm³/mol. The zero-order valence-electron chi connectivity index (χ0n) is 7.94. The molecule has 0 aliphatic carbocycles. The molecule has 0 amide bonds. The van der Waals surface area contributed by atoms with Crippen LogP contribution in [0.15, 0.2) is 18.2 Å². The maximum absolute atomic E-state index is 11.5. The Morgan fingerprint density at radius 1 is 1.60 bits per heavy atom. The van der Waals surface area contributed by atoms with E-state index in [4.69, 9.17) is 4.43 Å². The molecule has 0 aliphatic rings. The Hall–Kier alpha value is -0.899. The summed E-state index contributed by atoms with van der Waals surface area (Å²) in [6.45, 7) is 1.68. The second-order valence-corrected chi connectivity index (χ2v) is 8.14. The van der Waals surface area contributed by atoms with Crippen molar-refractivity contribution in [3.63, 3.8) is 0 Å². The van der Waals surface area contributed by atoms with Crippen LogP contribution in [0.4, 0.5) is 0 Å². The fourth-order valence-electron chi connectivity index (χ4n) is 0.992. The van der Waals surface area contributed by atoms with Gasteiger partial charge in [0.2, 0.25) is 0 Å². The number of carbonyl (C=O) groups is 1. The van der Waals surface area contributed by atoms with E-state index in [0.29, 0.717) is 5.56 Å². The van der Waals surface area contributed by atoms with Crippen LogP contribution in [0.1, 0.15) is 15.9 Å². The number of aromatic hydroxyl groups is 1. The van der Waals surface area contributed by atoms with Crippen molar-refractivity contribution in [2.75, 3.05) is 0 Å². The summed E-state index contributed by atoms with van der Waals surface area (Å²) in [6.07, 6.45) is 0. The number of phenolic OH excluding ortho intramolecular Hbond substituents is 1. The third-order valence-corrected chi connectivity index (χ3v) is 5.22. The predicted octanol–water partition coefficient (Wildman–Crippen LogP) is -0.378. The van der Waals surface area contributed by atoms with E-state index in [1.165, 1.54) is 6.07 Å². The van der Waals surface area contributed by atoms with Gasteiger partial charge in [-0.25, -0.2) is 4.79 Å². The van der Waals surface area contributed by atoms with Gasteiger partial charge in [0.05, 0.1) is 0 Å². The van der Waals surface area contributed by atoms with Gasteiger partial charge in [-0.1, -0.05) is 12.1 Å². The SMILES string of the molecule is Cc1cccc(C(=O)O[Si](O)[Si][Si])c1O. The molecular formula is C8H8O4Si3. The van der Waals surface area contributed by atoms with Crippen LogP contribution in [0.2, 0.25) is 0 Å². The van der Waals surface area contributed by atoms with Crippen LogP contribution in [0.5, 0.6) is 5.75 Å². The number of carbonyl (C=O) groups excluding carboxylic acids is 1. The number of aryl methyl sites for hydroxylation is 1. The molecule has 4 nitrogen and oxygen atoms in total. The van der Waals surface area contributed by atoms with Crippen LogP contribution < -0.4 is 0 Å². The number of rotatable bonds is 3. The van der Waals surface area contributed by atoms with Crippen LogP contribution in [-0.4, -0.2) is 43.0 Å². The van der Waals surface area contributed by atoms with Gasteiger partial charge in [0, 0.05) is 9.76 Å². The number of hydrogen-bond acceptors (Lipinski definition) is 4. The van der Waals surface area contributed by atoms with E-state index in [1.807, 2.05) is 0 Å². The number of phenols is 1. The highest BCUT2D eigenvalue weighted by atomic mass is 29.5. The van der Waals surface area contributed by atoms with E-state index in [-0.39, 0.29) is 19.9 Å². The van der Waals surface area contributed by atoms with Gasteiger partial charge < -0.3 is 14.3 Å². The third-order valence-electron chi connectivity index (χ3n) is 1.75. The Morgan fingerprint density at radius 3 is 2.87 bits per heavy atom. The van der Waals surface area contributed by atoms with Gasteiger partial charge in [-0.3, -0.25) is 0 Å². The first-order valence-electron chi connectivity index (χ1n) is 4.05. The molecule has 0 aromatic heterocycles. The lowest BCUT2D eigenvalue weighted by Gasteiger charge is -2.09. The zero-order chi connectivity index (χ0) is 11.4. The van der Waals surface area contributed by atoms with Crippen molar-refractivity contribution < 1.29 is 19.1 Å². The summed E-state index contributed by atoms with van der Waals surface area (Å²) in [5.74, 6) is -0.798. The molecule has 0 spiro atoms. The van der Waals surface area contributed by atoms with Gasteiger partial charge in [0.25, 0.3) is 0 Å². The third kappa shape index (κ3) is 3.03. The van der Waals surface area contributed by atoms with Crippen LogP contribution in [0.25, 0.3) is 0 Å². The molecule has 0 saturated heterocycles. The quantitative estimate of drug-likeness (QED) is 0.720. The van der Waals surface area contributed by atoms with Gasteiger partial charge in [-0.2, -0.15) is 0 Å². The molecule has 0 atom stereocenters. The zero-order valence-corrected chi connectivity index (χ0v) is 10.9. The summed E-state index contributed by atoms with van der Waals surface area (Å²) in [6, 6.07) is 4.78. The largest absolute Gasteiger partial charge is 0.507 e. The molecule has 0 bridgehead atoms. The summed E-state index contributed by atoms with van der Waals surface area (Å²) < 4.78 is 4.74. The molecule has 2 N–H and O–H groups in total. The molecule has 76 valence electrons. The van der Waals surface area contributed by atoms with E-state index in [0.717, 1.165) is 0 Å². The van der Waals surface area contributed by atoms with Gasteiger partial charge in [-0.05, 0) is 18.6 Å². The Labute approximate surface area is 94.6 Å². The van der Waals surface area contributed by atoms with Crippen LogP contribution in [0.3, 0.4) is 0 Å². The number of benzene rings is 1. The second kappa shape index (κ2) is 5.26. The Kier molecular flexibility index (Phi) is 4.27. The highest BCUT2D eigenvalue weighted by Gasteiger charge is 2.19. The van der Waals surface area contributed by atoms with Crippen molar-refractivity contribution in [3.8, 4) is 5.75 Å². The van der Waals surface area contributed by atoms with E-state index < -0.39 is 14.8 Å². The molecule has 0 unspecified atom stereocenters. The molecule has 6 radical (unpaired) electrons. The van der Waals surface area contributed by atoms with Crippen molar-refractivity contribution in [3.05, 3.63) is 29.3 Å². The fraction of sp³-hybridized carbons (Fsp3) is 0.125. The first kappa shape index (κ1) is 12.2. The molecule has 0 saturated carbocycles. The van der Waals surface area contributed by atoms with Crippen molar-refractivity contribution in [1.29, 1.82) is 0 Å². The monoisotopic (exact) mass is 252 g/mol. The smallest absolute Gasteiger partial charge is 0.417 e. The molecule has 1 aromatic carbocycles. The lowest BCUT2D eigenvalue weighted by Crippen LogP contribution is -2.30. The summed E-state index contributed by atoms with van der Waals surface area (Å²) in [7, 11) is 0.957. The highest BCUT2D eigenvalue weighted by molar-refractivity contribution is 7.27. The van der Waals surface area contributed by atoms with Gasteiger partial charge in [0.1, 0.15) is 19.9 Å². The number of para-hydroxylation sites is 1. The summed E-state index contributed by atoms with van der Waals surface area (Å²) in [5, 5.41) is 9.57. The normalized spacial score (nSPS) is 10.4. The molecule has 0 aliphatic heterocycles. The Bertz CT molecular complexity index is 369. The van der Waals surface area contributed by atoms with Crippen molar-refractivity contribution in [2.24, 2.45) is 0 Å². The van der Waals surface area contributed by atoms with Crippen LogP contribution >= 0.6 is 0 Å². The minimum Gasteiger partial charge on any atom is -0.507 e. The van der Waals surface area contributed by atoms with E-state index in [2.05, 4.69) is 9.76 Å². The van der Waals surface area contributed by atoms with Crippen molar-refractivity contribution >= 4 is 33.1 Å². The van der Waals surface area contributed by atoms with Crippen LogP contribution in [-0.2, 0) is 4.43 Å². The fourth-order valence-corrected chi connectivity index (χ4v) is 2.22. The van der Waals surface area contributed by atoms with Crippen molar-refractivity contribution in [2.45, 2.75) is 6.92 Å². The molecule has 1 aromatic rings. The van der Waals surface area contributed by atoms with E-state index in [1.54, 1.807) is 19.1 Å². The lowest BCUT2D eigenvalue weighted by atomic mass is 10.1. The first-order valence-corrected chi connectivity index (χ1v) is 8.91. The molecule has 0 fully saturated rings. The minimum atomic E-state index is -2.12. The molecule has 1 rings (SSSR count). The topological polar surface area (TPSA) is 66.8 Å². The van der Waals surface area contributed by atoms with Gasteiger partial charge >= 0.3 is 14.8 Å².